The number of benzene rings is 1. The number of rotatable bonds is 3. The van der Waals surface area contributed by atoms with Crippen LogP contribution in [0, 0.1) is 5.92 Å². The smallest absolute Gasteiger partial charge is 0.311 e. The Balaban J connectivity index is 1.96. The molecule has 0 spiro atoms. The highest BCUT2D eigenvalue weighted by atomic mass is 79.9. The zero-order valence-electron chi connectivity index (χ0n) is 10.7. The molecule has 0 saturated carbocycles. The molecule has 0 aromatic heterocycles. The van der Waals surface area contributed by atoms with Gasteiger partial charge in [-0.05, 0) is 44.5 Å². The Morgan fingerprint density at radius 2 is 2.06 bits per heavy atom. The number of hydrogen-bond acceptors (Lipinski definition) is 3. The maximum absolute atomic E-state index is 11.8. The molecular formula is C14H18BrNO2. The van der Waals surface area contributed by atoms with Crippen LogP contribution in [-0.4, -0.2) is 25.2 Å². The molecule has 0 N–H and O–H groups in total. The van der Waals surface area contributed by atoms with E-state index >= 15 is 0 Å². The molecule has 0 amide bonds. The largest absolute Gasteiger partial charge is 0.463 e. The molecule has 1 unspecified atom stereocenters. The highest BCUT2D eigenvalue weighted by Gasteiger charge is 2.30. The molecule has 2 rings (SSSR count). The molecule has 1 aliphatic heterocycles. The molecule has 3 nitrogen and oxygen atoms in total. The summed E-state index contributed by atoms with van der Waals surface area (Å²) < 4.78 is 6.33. The van der Waals surface area contributed by atoms with Crippen molar-refractivity contribution >= 4 is 27.6 Å². The van der Waals surface area contributed by atoms with Crippen molar-refractivity contribution in [1.29, 1.82) is 0 Å². The predicted molar refractivity (Wildman–Crippen MR) is 75.7 cm³/mol. The van der Waals surface area contributed by atoms with Gasteiger partial charge >= 0.3 is 5.97 Å². The van der Waals surface area contributed by atoms with Gasteiger partial charge in [-0.25, -0.2) is 0 Å². The van der Waals surface area contributed by atoms with Crippen LogP contribution in [0.1, 0.15) is 20.3 Å². The molecule has 1 aliphatic rings. The van der Waals surface area contributed by atoms with Crippen molar-refractivity contribution in [3.05, 3.63) is 28.7 Å². The van der Waals surface area contributed by atoms with Gasteiger partial charge in [-0.1, -0.05) is 15.9 Å². The van der Waals surface area contributed by atoms with Gasteiger partial charge < -0.3 is 9.64 Å². The highest BCUT2D eigenvalue weighted by Crippen LogP contribution is 2.26. The molecule has 1 fully saturated rings. The van der Waals surface area contributed by atoms with E-state index in [-0.39, 0.29) is 18.0 Å². The number of nitrogens with zero attached hydrogens (tertiary/aromatic N) is 1. The Kier molecular flexibility index (Phi) is 4.27. The van der Waals surface area contributed by atoms with Crippen LogP contribution in [-0.2, 0) is 9.53 Å². The van der Waals surface area contributed by atoms with E-state index in [9.17, 15) is 4.79 Å². The van der Waals surface area contributed by atoms with E-state index in [0.29, 0.717) is 0 Å². The second-order valence-electron chi connectivity index (χ2n) is 4.89. The van der Waals surface area contributed by atoms with E-state index in [2.05, 4.69) is 33.0 Å². The van der Waals surface area contributed by atoms with Gasteiger partial charge in [-0.15, -0.1) is 0 Å². The zero-order valence-corrected chi connectivity index (χ0v) is 12.3. The second kappa shape index (κ2) is 5.74. The van der Waals surface area contributed by atoms with Crippen molar-refractivity contribution in [2.24, 2.45) is 5.92 Å². The molecule has 1 heterocycles. The second-order valence-corrected chi connectivity index (χ2v) is 5.81. The van der Waals surface area contributed by atoms with Crippen LogP contribution < -0.4 is 4.90 Å². The number of halogens is 1. The van der Waals surface area contributed by atoms with Crippen molar-refractivity contribution < 1.29 is 9.53 Å². The van der Waals surface area contributed by atoms with Gasteiger partial charge in [-0.3, -0.25) is 4.79 Å². The van der Waals surface area contributed by atoms with Crippen LogP contribution >= 0.6 is 15.9 Å². The van der Waals surface area contributed by atoms with Crippen LogP contribution in [0.25, 0.3) is 0 Å². The molecule has 1 aromatic rings. The first-order valence-electron chi connectivity index (χ1n) is 6.27. The summed E-state index contributed by atoms with van der Waals surface area (Å²) in [5.74, 6) is -0.0549. The van der Waals surface area contributed by atoms with E-state index in [4.69, 9.17) is 4.74 Å². The molecule has 0 bridgehead atoms. The van der Waals surface area contributed by atoms with Gasteiger partial charge in [0.15, 0.2) is 0 Å². The van der Waals surface area contributed by atoms with Crippen LogP contribution in [0.3, 0.4) is 0 Å². The van der Waals surface area contributed by atoms with Gasteiger partial charge in [0.05, 0.1) is 12.0 Å². The van der Waals surface area contributed by atoms with Crippen molar-refractivity contribution in [3.63, 3.8) is 0 Å². The average molecular weight is 312 g/mol. The number of hydrogen-bond donors (Lipinski definition) is 0. The summed E-state index contributed by atoms with van der Waals surface area (Å²) in [5.41, 5.74) is 1.16. The third kappa shape index (κ3) is 3.25. The Bertz CT molecular complexity index is 416. The Labute approximate surface area is 116 Å². The van der Waals surface area contributed by atoms with Gasteiger partial charge in [0.25, 0.3) is 0 Å². The quantitative estimate of drug-likeness (QED) is 0.803. The molecule has 4 heteroatoms. The molecule has 0 aliphatic carbocycles. The number of anilines is 1. The SMILES string of the molecule is CC(C)OC(=O)C1CCN(c2ccc(Br)cc2)C1. The summed E-state index contributed by atoms with van der Waals surface area (Å²) in [6, 6.07) is 8.19. The lowest BCUT2D eigenvalue weighted by atomic mass is 10.1. The lowest BCUT2D eigenvalue weighted by Crippen LogP contribution is -2.25. The maximum atomic E-state index is 11.8. The van der Waals surface area contributed by atoms with E-state index in [1.807, 2.05) is 26.0 Å². The standard InChI is InChI=1S/C14H18BrNO2/c1-10(2)18-14(17)11-7-8-16(9-11)13-5-3-12(15)4-6-13/h3-6,10-11H,7-9H2,1-2H3. The first-order valence-corrected chi connectivity index (χ1v) is 7.06. The van der Waals surface area contributed by atoms with E-state index in [1.165, 1.54) is 0 Å². The summed E-state index contributed by atoms with van der Waals surface area (Å²) >= 11 is 3.42. The van der Waals surface area contributed by atoms with Crippen molar-refractivity contribution in [2.75, 3.05) is 18.0 Å². The summed E-state index contributed by atoms with van der Waals surface area (Å²) in [6.07, 6.45) is 0.848. The third-order valence-electron chi connectivity index (χ3n) is 3.07. The monoisotopic (exact) mass is 311 g/mol. The average Bonchev–Trinajstić information content (AvgIpc) is 2.78. The number of ether oxygens (including phenoxy) is 1. The molecule has 1 saturated heterocycles. The molecule has 0 radical (unpaired) electrons. The van der Waals surface area contributed by atoms with E-state index in [1.54, 1.807) is 0 Å². The normalized spacial score (nSPS) is 19.3. The highest BCUT2D eigenvalue weighted by molar-refractivity contribution is 9.10. The Hall–Kier alpha value is -1.03. The van der Waals surface area contributed by atoms with Crippen molar-refractivity contribution in [2.45, 2.75) is 26.4 Å². The van der Waals surface area contributed by atoms with Gasteiger partial charge in [0.1, 0.15) is 0 Å². The Morgan fingerprint density at radius 1 is 1.39 bits per heavy atom. The lowest BCUT2D eigenvalue weighted by molar-refractivity contribution is -0.151. The minimum atomic E-state index is -0.0652. The third-order valence-corrected chi connectivity index (χ3v) is 3.59. The lowest BCUT2D eigenvalue weighted by Gasteiger charge is -2.18. The van der Waals surface area contributed by atoms with Gasteiger partial charge in [0.2, 0.25) is 0 Å². The number of carbonyl (C=O) groups excluding carboxylic acids is 1. The fourth-order valence-corrected chi connectivity index (χ4v) is 2.43. The molecular weight excluding hydrogens is 294 g/mol. The zero-order chi connectivity index (χ0) is 13.1. The number of carbonyl (C=O) groups is 1. The summed E-state index contributed by atoms with van der Waals surface area (Å²) in [4.78, 5) is 14.1. The topological polar surface area (TPSA) is 29.5 Å². The predicted octanol–water partition coefficient (Wildman–Crippen LogP) is 3.23. The molecule has 1 aromatic carbocycles. The summed E-state index contributed by atoms with van der Waals surface area (Å²) in [7, 11) is 0. The molecule has 98 valence electrons. The van der Waals surface area contributed by atoms with Gasteiger partial charge in [-0.2, -0.15) is 0 Å². The van der Waals surface area contributed by atoms with Crippen molar-refractivity contribution in [1.82, 2.24) is 0 Å². The minimum absolute atomic E-state index is 0.0102. The van der Waals surface area contributed by atoms with E-state index < -0.39 is 0 Å². The maximum Gasteiger partial charge on any atom is 0.311 e. The first-order chi connectivity index (χ1) is 8.56. The number of esters is 1. The molecule has 1 atom stereocenters. The minimum Gasteiger partial charge on any atom is -0.463 e. The van der Waals surface area contributed by atoms with Crippen LogP contribution in [0.15, 0.2) is 28.7 Å². The summed E-state index contributed by atoms with van der Waals surface area (Å²) in [5, 5.41) is 0. The molecule has 18 heavy (non-hydrogen) atoms. The van der Waals surface area contributed by atoms with Crippen molar-refractivity contribution in [3.8, 4) is 0 Å². The summed E-state index contributed by atoms with van der Waals surface area (Å²) in [6.45, 7) is 5.45. The van der Waals surface area contributed by atoms with E-state index in [0.717, 1.165) is 29.7 Å². The van der Waals surface area contributed by atoms with Crippen LogP contribution in [0.2, 0.25) is 0 Å². The first kappa shape index (κ1) is 13.4. The van der Waals surface area contributed by atoms with Crippen LogP contribution in [0.5, 0.6) is 0 Å². The van der Waals surface area contributed by atoms with Crippen LogP contribution in [0.4, 0.5) is 5.69 Å². The fourth-order valence-electron chi connectivity index (χ4n) is 2.17. The Morgan fingerprint density at radius 3 is 2.67 bits per heavy atom. The fraction of sp³-hybridized carbons (Fsp3) is 0.500. The van der Waals surface area contributed by atoms with Gasteiger partial charge in [0, 0.05) is 23.2 Å².